The summed E-state index contributed by atoms with van der Waals surface area (Å²) < 4.78 is 1.82. The fourth-order valence-electron chi connectivity index (χ4n) is 5.01. The zero-order valence-electron chi connectivity index (χ0n) is 18.7. The third kappa shape index (κ3) is 4.67. The second-order valence-corrected chi connectivity index (χ2v) is 8.99. The number of aromatic amines is 1. The number of rotatable bonds is 6. The van der Waals surface area contributed by atoms with Crippen molar-refractivity contribution in [3.63, 3.8) is 0 Å². The van der Waals surface area contributed by atoms with Crippen LogP contribution in [0, 0.1) is 0 Å². The standard InChI is InChI=1S/C23H34N6O2/c1-3-11-29-16-18(13-25-29)22(30)28-12-7-8-17(15-28)21-20(14-24-26-21)23(31)27(2)19-9-5-4-6-10-19/h13-14,16-17,19H,3-12,15H2,1-2H3,(H,24,26). The lowest BCUT2D eigenvalue weighted by atomic mass is 9.91. The first-order chi connectivity index (χ1) is 15.1. The zero-order chi connectivity index (χ0) is 21.8. The molecule has 31 heavy (non-hydrogen) atoms. The normalized spacial score (nSPS) is 20.1. The van der Waals surface area contributed by atoms with E-state index in [2.05, 4.69) is 22.2 Å². The lowest BCUT2D eigenvalue weighted by molar-refractivity contribution is 0.0690. The highest BCUT2D eigenvalue weighted by Crippen LogP contribution is 2.30. The number of nitrogens with one attached hydrogen (secondary N) is 1. The van der Waals surface area contributed by atoms with E-state index in [1.54, 1.807) is 12.4 Å². The third-order valence-electron chi connectivity index (χ3n) is 6.79. The van der Waals surface area contributed by atoms with Crippen molar-refractivity contribution in [2.24, 2.45) is 0 Å². The predicted octanol–water partition coefficient (Wildman–Crippen LogP) is 3.44. The smallest absolute Gasteiger partial charge is 0.257 e. The summed E-state index contributed by atoms with van der Waals surface area (Å²) >= 11 is 0. The Labute approximate surface area is 184 Å². The maximum atomic E-state index is 13.2. The molecule has 1 atom stereocenters. The first kappa shape index (κ1) is 21.6. The van der Waals surface area contributed by atoms with Crippen molar-refractivity contribution in [2.75, 3.05) is 20.1 Å². The summed E-state index contributed by atoms with van der Waals surface area (Å²) in [4.78, 5) is 30.1. The van der Waals surface area contributed by atoms with E-state index in [1.165, 1.54) is 19.3 Å². The molecule has 1 saturated heterocycles. The number of amides is 2. The zero-order valence-corrected chi connectivity index (χ0v) is 18.7. The molecule has 8 nitrogen and oxygen atoms in total. The molecule has 2 fully saturated rings. The molecular weight excluding hydrogens is 392 g/mol. The first-order valence-electron chi connectivity index (χ1n) is 11.7. The highest BCUT2D eigenvalue weighted by molar-refractivity contribution is 5.96. The van der Waals surface area contributed by atoms with E-state index in [9.17, 15) is 9.59 Å². The lowest BCUT2D eigenvalue weighted by Gasteiger charge is -2.34. The maximum absolute atomic E-state index is 13.2. The highest BCUT2D eigenvalue weighted by atomic mass is 16.2. The van der Waals surface area contributed by atoms with Gasteiger partial charge in [-0.05, 0) is 32.1 Å². The Hall–Kier alpha value is -2.64. The van der Waals surface area contributed by atoms with E-state index in [0.717, 1.165) is 50.9 Å². The largest absolute Gasteiger partial charge is 0.339 e. The van der Waals surface area contributed by atoms with Crippen LogP contribution >= 0.6 is 0 Å². The molecule has 1 unspecified atom stereocenters. The number of carbonyl (C=O) groups excluding carboxylic acids is 2. The molecule has 2 amide bonds. The number of aryl methyl sites for hydroxylation is 1. The number of piperidine rings is 1. The SMILES string of the molecule is CCCn1cc(C(=O)N2CCCC(c3[nH]ncc3C(=O)N(C)C3CCCCC3)C2)cn1. The van der Waals surface area contributed by atoms with Gasteiger partial charge in [0.25, 0.3) is 11.8 Å². The van der Waals surface area contributed by atoms with Crippen LogP contribution in [0.1, 0.15) is 90.6 Å². The van der Waals surface area contributed by atoms with Crippen LogP contribution in [0.4, 0.5) is 0 Å². The fraction of sp³-hybridized carbons (Fsp3) is 0.652. The Morgan fingerprint density at radius 1 is 1.16 bits per heavy atom. The van der Waals surface area contributed by atoms with E-state index in [4.69, 9.17) is 0 Å². The quantitative estimate of drug-likeness (QED) is 0.766. The van der Waals surface area contributed by atoms with Gasteiger partial charge < -0.3 is 9.80 Å². The van der Waals surface area contributed by atoms with Crippen molar-refractivity contribution in [3.05, 3.63) is 35.4 Å². The number of hydrogen-bond donors (Lipinski definition) is 1. The minimum atomic E-state index is 0.0127. The number of likely N-dealkylation sites (tertiary alicyclic amines) is 1. The average molecular weight is 427 g/mol. The Kier molecular flexibility index (Phi) is 6.73. The highest BCUT2D eigenvalue weighted by Gasteiger charge is 2.32. The second-order valence-electron chi connectivity index (χ2n) is 8.99. The lowest BCUT2D eigenvalue weighted by Crippen LogP contribution is -2.41. The van der Waals surface area contributed by atoms with Gasteiger partial charge in [-0.2, -0.15) is 10.2 Å². The van der Waals surface area contributed by atoms with Crippen LogP contribution in [0.2, 0.25) is 0 Å². The monoisotopic (exact) mass is 426 g/mol. The molecule has 0 aromatic carbocycles. The Morgan fingerprint density at radius 3 is 2.74 bits per heavy atom. The molecule has 1 aliphatic heterocycles. The third-order valence-corrected chi connectivity index (χ3v) is 6.79. The van der Waals surface area contributed by atoms with Gasteiger partial charge in [0.05, 0.1) is 29.2 Å². The fourth-order valence-corrected chi connectivity index (χ4v) is 5.01. The molecule has 1 saturated carbocycles. The van der Waals surface area contributed by atoms with Gasteiger partial charge >= 0.3 is 0 Å². The topological polar surface area (TPSA) is 87.1 Å². The van der Waals surface area contributed by atoms with Crippen molar-refractivity contribution in [2.45, 2.75) is 76.8 Å². The van der Waals surface area contributed by atoms with E-state index in [1.807, 2.05) is 27.7 Å². The van der Waals surface area contributed by atoms with Gasteiger partial charge in [-0.3, -0.25) is 19.4 Å². The first-order valence-corrected chi connectivity index (χ1v) is 11.7. The molecule has 0 bridgehead atoms. The summed E-state index contributed by atoms with van der Waals surface area (Å²) in [5.74, 6) is 0.142. The molecule has 0 spiro atoms. The molecule has 2 aromatic heterocycles. The van der Waals surface area contributed by atoms with Crippen LogP contribution in [-0.4, -0.2) is 67.8 Å². The second kappa shape index (κ2) is 9.66. The van der Waals surface area contributed by atoms with Crippen LogP contribution in [0.15, 0.2) is 18.6 Å². The van der Waals surface area contributed by atoms with Crippen molar-refractivity contribution < 1.29 is 9.59 Å². The van der Waals surface area contributed by atoms with E-state index >= 15 is 0 Å². The number of hydrogen-bond acceptors (Lipinski definition) is 4. The summed E-state index contributed by atoms with van der Waals surface area (Å²) in [5, 5.41) is 11.6. The van der Waals surface area contributed by atoms with Crippen molar-refractivity contribution in [1.82, 2.24) is 29.8 Å². The van der Waals surface area contributed by atoms with E-state index < -0.39 is 0 Å². The van der Waals surface area contributed by atoms with Gasteiger partial charge in [0, 0.05) is 44.8 Å². The average Bonchev–Trinajstić information content (AvgIpc) is 3.48. The molecule has 2 aliphatic rings. The molecule has 3 heterocycles. The summed E-state index contributed by atoms with van der Waals surface area (Å²) in [6.07, 6.45) is 13.8. The number of H-pyrrole nitrogens is 1. The molecule has 1 N–H and O–H groups in total. The van der Waals surface area contributed by atoms with Crippen LogP contribution in [0.5, 0.6) is 0 Å². The Bertz CT molecular complexity index is 898. The van der Waals surface area contributed by atoms with Gasteiger partial charge in [-0.15, -0.1) is 0 Å². The van der Waals surface area contributed by atoms with Crippen LogP contribution in [0.3, 0.4) is 0 Å². The summed E-state index contributed by atoms with van der Waals surface area (Å²) in [5.41, 5.74) is 2.15. The number of carbonyl (C=O) groups is 2. The molecular formula is C23H34N6O2. The molecule has 4 rings (SSSR count). The van der Waals surface area contributed by atoms with Crippen LogP contribution in [0.25, 0.3) is 0 Å². The molecule has 2 aromatic rings. The van der Waals surface area contributed by atoms with Gasteiger partial charge in [0.15, 0.2) is 0 Å². The summed E-state index contributed by atoms with van der Waals surface area (Å²) in [7, 11) is 1.92. The summed E-state index contributed by atoms with van der Waals surface area (Å²) in [6, 6.07) is 0.313. The molecule has 0 radical (unpaired) electrons. The van der Waals surface area contributed by atoms with Crippen molar-refractivity contribution >= 4 is 11.8 Å². The summed E-state index contributed by atoms with van der Waals surface area (Å²) in [6.45, 7) is 4.22. The van der Waals surface area contributed by atoms with Gasteiger partial charge in [-0.1, -0.05) is 26.2 Å². The van der Waals surface area contributed by atoms with Crippen LogP contribution in [-0.2, 0) is 6.54 Å². The van der Waals surface area contributed by atoms with Crippen molar-refractivity contribution in [3.8, 4) is 0 Å². The van der Waals surface area contributed by atoms with Gasteiger partial charge in [0.1, 0.15) is 0 Å². The minimum absolute atomic E-state index is 0.0127. The van der Waals surface area contributed by atoms with Crippen molar-refractivity contribution in [1.29, 1.82) is 0 Å². The van der Waals surface area contributed by atoms with Gasteiger partial charge in [-0.25, -0.2) is 0 Å². The minimum Gasteiger partial charge on any atom is -0.339 e. The molecule has 168 valence electrons. The number of nitrogens with zero attached hydrogens (tertiary/aromatic N) is 5. The Morgan fingerprint density at radius 2 is 1.97 bits per heavy atom. The maximum Gasteiger partial charge on any atom is 0.257 e. The molecule has 1 aliphatic carbocycles. The van der Waals surface area contributed by atoms with Gasteiger partial charge in [0.2, 0.25) is 0 Å². The van der Waals surface area contributed by atoms with E-state index in [-0.39, 0.29) is 17.7 Å². The predicted molar refractivity (Wildman–Crippen MR) is 118 cm³/mol. The van der Waals surface area contributed by atoms with Crippen LogP contribution < -0.4 is 0 Å². The Balaban J connectivity index is 1.45. The molecule has 8 heteroatoms. The van der Waals surface area contributed by atoms with E-state index in [0.29, 0.717) is 23.7 Å². The number of aromatic nitrogens is 4.